The van der Waals surface area contributed by atoms with Gasteiger partial charge in [0.15, 0.2) is 11.5 Å². The molecule has 0 N–H and O–H groups in total. The first kappa shape index (κ1) is 12.8. The molecule has 2 unspecified atom stereocenters. The molecule has 1 aliphatic heterocycles. The highest BCUT2D eigenvalue weighted by atomic mass is 16.7. The predicted octanol–water partition coefficient (Wildman–Crippen LogP) is 1.36. The van der Waals surface area contributed by atoms with Gasteiger partial charge in [0, 0.05) is 5.92 Å². The number of benzene rings is 1. The minimum absolute atomic E-state index is 0.0433. The van der Waals surface area contributed by atoms with E-state index in [0.717, 1.165) is 29.7 Å². The highest BCUT2D eigenvalue weighted by Crippen LogP contribution is 2.43. The van der Waals surface area contributed by atoms with Gasteiger partial charge in [0.2, 0.25) is 6.79 Å². The van der Waals surface area contributed by atoms with Crippen LogP contribution in [0.4, 0.5) is 0 Å². The van der Waals surface area contributed by atoms with Gasteiger partial charge in [-0.2, -0.15) is 0 Å². The van der Waals surface area contributed by atoms with Crippen molar-refractivity contribution in [2.24, 2.45) is 5.92 Å². The van der Waals surface area contributed by atoms with E-state index in [4.69, 9.17) is 18.9 Å². The highest BCUT2D eigenvalue weighted by molar-refractivity contribution is 5.51. The van der Waals surface area contributed by atoms with E-state index in [2.05, 4.69) is 0 Å². The van der Waals surface area contributed by atoms with Crippen LogP contribution in [0.2, 0.25) is 0 Å². The largest absolute Gasteiger partial charge is 0.467 e. The highest BCUT2D eigenvalue weighted by Gasteiger charge is 2.33. The lowest BCUT2D eigenvalue weighted by molar-refractivity contribution is -0.141. The van der Waals surface area contributed by atoms with Crippen molar-refractivity contribution >= 4 is 12.9 Å². The number of ether oxygens (including phenoxy) is 4. The fraction of sp³-hybridized carbons (Fsp3) is 0.429. The number of hydrogen-bond donors (Lipinski definition) is 0. The molecule has 0 spiro atoms. The van der Waals surface area contributed by atoms with E-state index in [0.29, 0.717) is 18.7 Å². The summed E-state index contributed by atoms with van der Waals surface area (Å²) in [7, 11) is 0. The minimum atomic E-state index is -0.425. The maximum absolute atomic E-state index is 10.7. The molecular formula is C14H14O6. The maximum Gasteiger partial charge on any atom is 0.293 e. The van der Waals surface area contributed by atoms with Crippen molar-refractivity contribution in [1.29, 1.82) is 0 Å². The molecule has 0 fully saturated rings. The van der Waals surface area contributed by atoms with Crippen LogP contribution in [0.15, 0.2) is 12.1 Å². The van der Waals surface area contributed by atoms with Crippen LogP contribution in [0.5, 0.6) is 11.5 Å². The Hall–Kier alpha value is -2.24. The van der Waals surface area contributed by atoms with E-state index in [9.17, 15) is 9.59 Å². The molecule has 0 bridgehead atoms. The molecule has 0 aromatic heterocycles. The molecule has 0 saturated carbocycles. The number of aryl methyl sites for hydroxylation is 1. The number of fused-ring (bicyclic) bond motifs is 2. The molecule has 3 rings (SSSR count). The Morgan fingerprint density at radius 1 is 1.20 bits per heavy atom. The van der Waals surface area contributed by atoms with Gasteiger partial charge in [-0.1, -0.05) is 0 Å². The average Bonchev–Trinajstić information content (AvgIpc) is 2.92. The van der Waals surface area contributed by atoms with E-state index in [1.807, 2.05) is 12.1 Å². The lowest BCUT2D eigenvalue weighted by Gasteiger charge is -2.31. The molecule has 1 aliphatic carbocycles. The second-order valence-electron chi connectivity index (χ2n) is 4.79. The summed E-state index contributed by atoms with van der Waals surface area (Å²) in [6.45, 7) is 1.27. The molecule has 1 aromatic carbocycles. The summed E-state index contributed by atoms with van der Waals surface area (Å²) in [5, 5.41) is 0. The first-order valence-corrected chi connectivity index (χ1v) is 6.40. The van der Waals surface area contributed by atoms with Gasteiger partial charge in [0.05, 0.1) is 6.61 Å². The van der Waals surface area contributed by atoms with Gasteiger partial charge in [0.25, 0.3) is 12.9 Å². The predicted molar refractivity (Wildman–Crippen MR) is 66.3 cm³/mol. The molecule has 106 valence electrons. The van der Waals surface area contributed by atoms with Crippen molar-refractivity contribution in [3.63, 3.8) is 0 Å². The normalized spacial score (nSPS) is 22.8. The maximum atomic E-state index is 10.7. The van der Waals surface area contributed by atoms with E-state index in [-0.39, 0.29) is 19.3 Å². The van der Waals surface area contributed by atoms with E-state index < -0.39 is 6.10 Å². The summed E-state index contributed by atoms with van der Waals surface area (Å²) < 4.78 is 20.7. The molecule has 1 aromatic rings. The van der Waals surface area contributed by atoms with E-state index >= 15 is 0 Å². The van der Waals surface area contributed by atoms with Gasteiger partial charge in [-0.15, -0.1) is 0 Å². The lowest BCUT2D eigenvalue weighted by atomic mass is 9.81. The molecule has 20 heavy (non-hydrogen) atoms. The van der Waals surface area contributed by atoms with Gasteiger partial charge in [0.1, 0.15) is 6.10 Å². The minimum Gasteiger partial charge on any atom is -0.467 e. The van der Waals surface area contributed by atoms with Crippen LogP contribution in [0.3, 0.4) is 0 Å². The molecule has 2 aliphatic rings. The van der Waals surface area contributed by atoms with E-state index in [1.54, 1.807) is 0 Å². The van der Waals surface area contributed by atoms with Crippen LogP contribution in [-0.2, 0) is 25.5 Å². The van der Waals surface area contributed by atoms with Crippen molar-refractivity contribution in [1.82, 2.24) is 0 Å². The van der Waals surface area contributed by atoms with Crippen LogP contribution in [-0.4, -0.2) is 26.3 Å². The topological polar surface area (TPSA) is 71.1 Å². The van der Waals surface area contributed by atoms with Crippen LogP contribution in [0.1, 0.15) is 23.7 Å². The zero-order valence-electron chi connectivity index (χ0n) is 10.7. The number of carbonyl (C=O) groups is 2. The molecule has 1 heterocycles. The molecule has 0 saturated heterocycles. The monoisotopic (exact) mass is 278 g/mol. The smallest absolute Gasteiger partial charge is 0.293 e. The first-order chi connectivity index (χ1) is 9.83. The third-order valence-corrected chi connectivity index (χ3v) is 3.73. The number of carbonyl (C=O) groups excluding carboxylic acids is 2. The SMILES string of the molecule is O=COCC1CCc2cc3c(cc2C1OC=O)OCO3. The van der Waals surface area contributed by atoms with Crippen molar-refractivity contribution in [2.45, 2.75) is 18.9 Å². The summed E-state index contributed by atoms with van der Waals surface area (Å²) in [6, 6.07) is 3.77. The molecular weight excluding hydrogens is 264 g/mol. The van der Waals surface area contributed by atoms with Crippen molar-refractivity contribution in [3.05, 3.63) is 23.3 Å². The van der Waals surface area contributed by atoms with Gasteiger partial charge < -0.3 is 18.9 Å². The third-order valence-electron chi connectivity index (χ3n) is 3.73. The standard InChI is InChI=1S/C14H14O6/c15-6-17-5-10-2-1-9-3-12-13(20-8-19-12)4-11(9)14(10)18-7-16/h3-4,6-7,10,14H,1-2,5,8H2. The Labute approximate surface area is 115 Å². The Morgan fingerprint density at radius 2 is 2.00 bits per heavy atom. The summed E-state index contributed by atoms with van der Waals surface area (Å²) >= 11 is 0. The quantitative estimate of drug-likeness (QED) is 0.757. The Bertz CT molecular complexity index is 527. The lowest BCUT2D eigenvalue weighted by Crippen LogP contribution is -2.26. The Morgan fingerprint density at radius 3 is 2.75 bits per heavy atom. The summed E-state index contributed by atoms with van der Waals surface area (Å²) in [5.74, 6) is 1.33. The van der Waals surface area contributed by atoms with Crippen LogP contribution in [0.25, 0.3) is 0 Å². The zero-order chi connectivity index (χ0) is 13.9. The molecule has 0 amide bonds. The van der Waals surface area contributed by atoms with Crippen LogP contribution < -0.4 is 9.47 Å². The van der Waals surface area contributed by atoms with Gasteiger partial charge in [-0.3, -0.25) is 9.59 Å². The second-order valence-corrected chi connectivity index (χ2v) is 4.79. The van der Waals surface area contributed by atoms with Gasteiger partial charge in [-0.05, 0) is 36.1 Å². The van der Waals surface area contributed by atoms with Crippen molar-refractivity contribution < 1.29 is 28.5 Å². The second kappa shape index (κ2) is 5.40. The fourth-order valence-corrected chi connectivity index (χ4v) is 2.81. The van der Waals surface area contributed by atoms with Crippen LogP contribution in [0, 0.1) is 5.92 Å². The summed E-state index contributed by atoms with van der Waals surface area (Å²) in [4.78, 5) is 21.1. The molecule has 6 heteroatoms. The molecule has 6 nitrogen and oxygen atoms in total. The first-order valence-electron chi connectivity index (χ1n) is 6.40. The number of hydrogen-bond acceptors (Lipinski definition) is 6. The van der Waals surface area contributed by atoms with Crippen LogP contribution >= 0.6 is 0 Å². The summed E-state index contributed by atoms with van der Waals surface area (Å²) in [6.07, 6.45) is 1.17. The summed E-state index contributed by atoms with van der Waals surface area (Å²) in [5.41, 5.74) is 1.97. The Kier molecular flexibility index (Phi) is 3.45. The molecule has 2 atom stereocenters. The van der Waals surface area contributed by atoms with Crippen molar-refractivity contribution in [2.75, 3.05) is 13.4 Å². The zero-order valence-corrected chi connectivity index (χ0v) is 10.7. The van der Waals surface area contributed by atoms with E-state index in [1.165, 1.54) is 0 Å². The third kappa shape index (κ3) is 2.17. The van der Waals surface area contributed by atoms with Crippen molar-refractivity contribution in [3.8, 4) is 11.5 Å². The fourth-order valence-electron chi connectivity index (χ4n) is 2.81. The number of rotatable bonds is 5. The van der Waals surface area contributed by atoms with Gasteiger partial charge in [-0.25, -0.2) is 0 Å². The average molecular weight is 278 g/mol. The molecule has 0 radical (unpaired) electrons. The Balaban J connectivity index is 1.93. The van der Waals surface area contributed by atoms with Gasteiger partial charge >= 0.3 is 0 Å².